The number of hydrogen-bond acceptors (Lipinski definition) is 4. The summed E-state index contributed by atoms with van der Waals surface area (Å²) in [6.45, 7) is 0. The highest BCUT2D eigenvalue weighted by atomic mass is 19.1. The Labute approximate surface area is 108 Å². The molecule has 0 bridgehead atoms. The first-order chi connectivity index (χ1) is 9.10. The van der Waals surface area contributed by atoms with Crippen molar-refractivity contribution < 1.29 is 9.31 Å². The zero-order chi connectivity index (χ0) is 13.8. The summed E-state index contributed by atoms with van der Waals surface area (Å²) in [6.07, 6.45) is 0. The monoisotopic (exact) mass is 257 g/mol. The molecule has 0 aliphatic heterocycles. The predicted molar refractivity (Wildman–Crippen MR) is 67.5 cm³/mol. The molecule has 0 amide bonds. The minimum atomic E-state index is -0.601. The van der Waals surface area contributed by atoms with Crippen LogP contribution in [0.5, 0.6) is 0 Å². The Bertz CT molecular complexity index is 680. The van der Waals surface area contributed by atoms with Gasteiger partial charge in [-0.15, -0.1) is 0 Å². The Morgan fingerprint density at radius 3 is 2.74 bits per heavy atom. The second-order valence-electron chi connectivity index (χ2n) is 3.74. The summed E-state index contributed by atoms with van der Waals surface area (Å²) in [7, 11) is 0. The van der Waals surface area contributed by atoms with Crippen LogP contribution in [0.25, 0.3) is 0 Å². The van der Waals surface area contributed by atoms with E-state index in [2.05, 4.69) is 5.32 Å². The molecule has 0 radical (unpaired) electrons. The number of nitriles is 1. The highest BCUT2D eigenvalue weighted by Crippen LogP contribution is 2.28. The van der Waals surface area contributed by atoms with Gasteiger partial charge < -0.3 is 5.32 Å². The summed E-state index contributed by atoms with van der Waals surface area (Å²) in [5.41, 5.74) is 0.695. The first-order valence-corrected chi connectivity index (χ1v) is 5.31. The average molecular weight is 257 g/mol. The molecule has 6 heteroatoms. The average Bonchev–Trinajstić information content (AvgIpc) is 2.38. The Morgan fingerprint density at radius 2 is 2.05 bits per heavy atom. The molecule has 2 aromatic carbocycles. The van der Waals surface area contributed by atoms with E-state index in [0.29, 0.717) is 11.3 Å². The number of benzene rings is 2. The molecule has 5 nitrogen and oxygen atoms in total. The molecule has 1 N–H and O–H groups in total. The van der Waals surface area contributed by atoms with Crippen molar-refractivity contribution in [3.8, 4) is 6.07 Å². The lowest BCUT2D eigenvalue weighted by Gasteiger charge is -2.07. The van der Waals surface area contributed by atoms with Gasteiger partial charge in [0.25, 0.3) is 5.69 Å². The first kappa shape index (κ1) is 12.5. The van der Waals surface area contributed by atoms with Crippen LogP contribution >= 0.6 is 0 Å². The van der Waals surface area contributed by atoms with Gasteiger partial charge in [0.15, 0.2) is 0 Å². The molecule has 2 rings (SSSR count). The summed E-state index contributed by atoms with van der Waals surface area (Å²) >= 11 is 0. The second kappa shape index (κ2) is 5.14. The van der Waals surface area contributed by atoms with Crippen molar-refractivity contribution in [1.29, 1.82) is 5.26 Å². The number of nitrogens with one attached hydrogen (secondary N) is 1. The van der Waals surface area contributed by atoms with Crippen LogP contribution in [0.1, 0.15) is 5.56 Å². The van der Waals surface area contributed by atoms with E-state index in [0.717, 1.165) is 18.2 Å². The van der Waals surface area contributed by atoms with Crippen molar-refractivity contribution in [2.24, 2.45) is 0 Å². The Hall–Kier alpha value is -2.94. The largest absolute Gasteiger partial charge is 0.350 e. The third kappa shape index (κ3) is 2.84. The molecule has 0 saturated carbocycles. The molecule has 19 heavy (non-hydrogen) atoms. The maximum absolute atomic E-state index is 13.1. The molecule has 2 aromatic rings. The fourth-order valence-corrected chi connectivity index (χ4v) is 1.59. The number of anilines is 2. The Morgan fingerprint density at radius 1 is 1.26 bits per heavy atom. The maximum atomic E-state index is 13.1. The van der Waals surface area contributed by atoms with Crippen LogP contribution in [-0.4, -0.2) is 4.92 Å². The quantitative estimate of drug-likeness (QED) is 0.675. The molecule has 0 saturated heterocycles. The fraction of sp³-hybridized carbons (Fsp3) is 0. The molecular formula is C13H8FN3O2. The van der Waals surface area contributed by atoms with Crippen molar-refractivity contribution in [1.82, 2.24) is 0 Å². The van der Waals surface area contributed by atoms with E-state index in [9.17, 15) is 14.5 Å². The van der Waals surface area contributed by atoms with Gasteiger partial charge in [0.1, 0.15) is 11.5 Å². The van der Waals surface area contributed by atoms with Crippen molar-refractivity contribution in [3.63, 3.8) is 0 Å². The molecule has 0 aliphatic carbocycles. The number of hydrogen-bond donors (Lipinski definition) is 1. The molecular weight excluding hydrogens is 249 g/mol. The van der Waals surface area contributed by atoms with Crippen molar-refractivity contribution in [3.05, 3.63) is 64.0 Å². The lowest BCUT2D eigenvalue weighted by Crippen LogP contribution is -1.98. The minimum Gasteiger partial charge on any atom is -0.350 e. The Kier molecular flexibility index (Phi) is 3.39. The van der Waals surface area contributed by atoms with E-state index in [1.54, 1.807) is 18.2 Å². The summed E-state index contributed by atoms with van der Waals surface area (Å²) in [5, 5.41) is 22.3. The standard InChI is InChI=1S/C13H8FN3O2/c14-10-4-5-13(17(18)19)12(7-10)16-11-3-1-2-9(6-11)8-15/h1-7,16H. The van der Waals surface area contributed by atoms with E-state index in [4.69, 9.17) is 5.26 Å². The lowest BCUT2D eigenvalue weighted by atomic mass is 10.2. The highest BCUT2D eigenvalue weighted by molar-refractivity contribution is 5.70. The fourth-order valence-electron chi connectivity index (χ4n) is 1.59. The van der Waals surface area contributed by atoms with Gasteiger partial charge in [0.2, 0.25) is 0 Å². The van der Waals surface area contributed by atoms with Gasteiger partial charge in [-0.1, -0.05) is 6.07 Å². The van der Waals surface area contributed by atoms with Crippen LogP contribution in [0.2, 0.25) is 0 Å². The molecule has 0 atom stereocenters. The number of nitrogens with zero attached hydrogens (tertiary/aromatic N) is 2. The van der Waals surface area contributed by atoms with Crippen LogP contribution in [0.4, 0.5) is 21.5 Å². The van der Waals surface area contributed by atoms with Crippen molar-refractivity contribution >= 4 is 17.1 Å². The van der Waals surface area contributed by atoms with Crippen LogP contribution < -0.4 is 5.32 Å². The third-order valence-corrected chi connectivity index (χ3v) is 2.43. The predicted octanol–water partition coefficient (Wildman–Crippen LogP) is 3.35. The zero-order valence-electron chi connectivity index (χ0n) is 9.63. The molecule has 0 spiro atoms. The van der Waals surface area contributed by atoms with Gasteiger partial charge in [-0.25, -0.2) is 4.39 Å². The number of nitro groups is 1. The molecule has 94 valence electrons. The van der Waals surface area contributed by atoms with Gasteiger partial charge in [0, 0.05) is 17.8 Å². The van der Waals surface area contributed by atoms with Crippen molar-refractivity contribution in [2.75, 3.05) is 5.32 Å². The first-order valence-electron chi connectivity index (χ1n) is 5.31. The second-order valence-corrected chi connectivity index (χ2v) is 3.74. The lowest BCUT2D eigenvalue weighted by molar-refractivity contribution is -0.384. The van der Waals surface area contributed by atoms with Gasteiger partial charge >= 0.3 is 0 Å². The van der Waals surface area contributed by atoms with E-state index < -0.39 is 10.7 Å². The minimum absolute atomic E-state index is 0.0417. The van der Waals surface area contributed by atoms with E-state index in [-0.39, 0.29) is 11.4 Å². The molecule has 0 aliphatic rings. The number of nitro benzene ring substituents is 1. The smallest absolute Gasteiger partial charge is 0.292 e. The van der Waals surface area contributed by atoms with Crippen LogP contribution in [-0.2, 0) is 0 Å². The molecule has 0 aromatic heterocycles. The summed E-state index contributed by atoms with van der Waals surface area (Å²) in [4.78, 5) is 10.2. The van der Waals surface area contributed by atoms with Crippen LogP contribution in [0.15, 0.2) is 42.5 Å². The van der Waals surface area contributed by atoms with Crippen molar-refractivity contribution in [2.45, 2.75) is 0 Å². The topological polar surface area (TPSA) is 79.0 Å². The summed E-state index contributed by atoms with van der Waals surface area (Å²) in [6, 6.07) is 11.5. The maximum Gasteiger partial charge on any atom is 0.292 e. The summed E-state index contributed by atoms with van der Waals surface area (Å²) < 4.78 is 13.1. The van der Waals surface area contributed by atoms with E-state index >= 15 is 0 Å². The van der Waals surface area contributed by atoms with Crippen LogP contribution in [0.3, 0.4) is 0 Å². The zero-order valence-corrected chi connectivity index (χ0v) is 9.63. The third-order valence-electron chi connectivity index (χ3n) is 2.43. The number of halogens is 1. The van der Waals surface area contributed by atoms with Gasteiger partial charge in [-0.3, -0.25) is 10.1 Å². The van der Waals surface area contributed by atoms with Gasteiger partial charge in [0.05, 0.1) is 16.6 Å². The van der Waals surface area contributed by atoms with E-state index in [1.165, 1.54) is 6.07 Å². The van der Waals surface area contributed by atoms with E-state index in [1.807, 2.05) is 6.07 Å². The normalized spacial score (nSPS) is 9.68. The van der Waals surface area contributed by atoms with Crippen LogP contribution in [0, 0.1) is 27.3 Å². The highest BCUT2D eigenvalue weighted by Gasteiger charge is 2.14. The molecule has 0 heterocycles. The number of rotatable bonds is 3. The summed E-state index contributed by atoms with van der Waals surface area (Å²) in [5.74, 6) is -0.579. The van der Waals surface area contributed by atoms with Gasteiger partial charge in [-0.05, 0) is 24.3 Å². The SMILES string of the molecule is N#Cc1cccc(Nc2cc(F)ccc2[N+](=O)[O-])c1. The molecule has 0 unspecified atom stereocenters. The Balaban J connectivity index is 2.40. The molecule has 0 fully saturated rings. The van der Waals surface area contributed by atoms with Gasteiger partial charge in [-0.2, -0.15) is 5.26 Å².